The van der Waals surface area contributed by atoms with Gasteiger partial charge in [-0.3, -0.25) is 9.78 Å². The Balaban J connectivity index is 2.02. The molecular weight excluding hydrogens is 208 g/mol. The van der Waals surface area contributed by atoms with Crippen LogP contribution in [0.15, 0.2) is 24.5 Å². The molecule has 16 heavy (non-hydrogen) atoms. The van der Waals surface area contributed by atoms with E-state index in [-0.39, 0.29) is 18.9 Å². The van der Waals surface area contributed by atoms with E-state index in [1.807, 2.05) is 6.07 Å². The van der Waals surface area contributed by atoms with Crippen LogP contribution in [0.2, 0.25) is 0 Å². The number of aliphatic carboxylic acids is 1. The Kier molecular flexibility index (Phi) is 2.85. The van der Waals surface area contributed by atoms with Gasteiger partial charge in [0, 0.05) is 43.8 Å². The van der Waals surface area contributed by atoms with E-state index in [2.05, 4.69) is 4.98 Å². The van der Waals surface area contributed by atoms with Gasteiger partial charge in [0.05, 0.1) is 0 Å². The minimum Gasteiger partial charge on any atom is -0.550 e. The van der Waals surface area contributed by atoms with Crippen molar-refractivity contribution in [1.29, 1.82) is 0 Å². The van der Waals surface area contributed by atoms with Gasteiger partial charge in [0.15, 0.2) is 0 Å². The van der Waals surface area contributed by atoms with E-state index in [0.29, 0.717) is 6.54 Å². The molecule has 1 aromatic heterocycles. The molecule has 1 aliphatic rings. The second kappa shape index (κ2) is 4.30. The minimum absolute atomic E-state index is 0.0442. The van der Waals surface area contributed by atoms with Gasteiger partial charge in [-0.05, 0) is 11.6 Å². The Hall–Kier alpha value is -1.91. The Morgan fingerprint density at radius 2 is 2.44 bits per heavy atom. The molecule has 1 amide bonds. The van der Waals surface area contributed by atoms with E-state index in [9.17, 15) is 14.7 Å². The summed E-state index contributed by atoms with van der Waals surface area (Å²) in [5.74, 6) is -1.97. The van der Waals surface area contributed by atoms with E-state index in [1.165, 1.54) is 4.90 Å². The van der Waals surface area contributed by atoms with Crippen LogP contribution in [0.3, 0.4) is 0 Å². The number of pyridine rings is 1. The summed E-state index contributed by atoms with van der Waals surface area (Å²) in [4.78, 5) is 27.6. The van der Waals surface area contributed by atoms with Crippen molar-refractivity contribution in [2.45, 2.75) is 13.0 Å². The van der Waals surface area contributed by atoms with Crippen LogP contribution in [0.4, 0.5) is 0 Å². The fourth-order valence-corrected chi connectivity index (χ4v) is 1.79. The van der Waals surface area contributed by atoms with Crippen molar-refractivity contribution in [3.63, 3.8) is 0 Å². The molecule has 5 nitrogen and oxygen atoms in total. The number of hydrogen-bond acceptors (Lipinski definition) is 4. The Morgan fingerprint density at radius 1 is 1.62 bits per heavy atom. The molecule has 0 radical (unpaired) electrons. The van der Waals surface area contributed by atoms with Gasteiger partial charge in [-0.15, -0.1) is 0 Å². The van der Waals surface area contributed by atoms with Crippen LogP contribution in [0.25, 0.3) is 0 Å². The van der Waals surface area contributed by atoms with Crippen LogP contribution in [0.1, 0.15) is 12.0 Å². The van der Waals surface area contributed by atoms with Gasteiger partial charge in [-0.2, -0.15) is 0 Å². The standard InChI is InChI=1S/C11H12N2O3/c14-10-4-9(11(15)16)7-13(10)6-8-2-1-3-12-5-8/h1-3,5,9H,4,6-7H2,(H,15,16)/p-1/t9-/m1/s1. The molecule has 1 atom stereocenters. The average Bonchev–Trinajstić information content (AvgIpc) is 2.62. The van der Waals surface area contributed by atoms with Gasteiger partial charge in [0.1, 0.15) is 0 Å². The van der Waals surface area contributed by atoms with Crippen LogP contribution >= 0.6 is 0 Å². The number of hydrogen-bond donors (Lipinski definition) is 0. The number of amides is 1. The van der Waals surface area contributed by atoms with Gasteiger partial charge < -0.3 is 14.8 Å². The molecule has 0 saturated carbocycles. The summed E-state index contributed by atoms with van der Waals surface area (Å²) in [7, 11) is 0. The first-order valence-electron chi connectivity index (χ1n) is 5.04. The SMILES string of the molecule is O=C([O-])[C@@H]1CC(=O)N(Cc2cccnc2)C1. The summed E-state index contributed by atoms with van der Waals surface area (Å²) in [6.45, 7) is 0.645. The number of carbonyl (C=O) groups is 2. The zero-order valence-corrected chi connectivity index (χ0v) is 8.63. The Labute approximate surface area is 92.7 Å². The number of aromatic nitrogens is 1. The second-order valence-electron chi connectivity index (χ2n) is 3.86. The molecule has 5 heteroatoms. The lowest BCUT2D eigenvalue weighted by Crippen LogP contribution is -2.33. The summed E-state index contributed by atoms with van der Waals surface area (Å²) >= 11 is 0. The number of rotatable bonds is 3. The minimum atomic E-state index is -1.15. The van der Waals surface area contributed by atoms with E-state index in [0.717, 1.165) is 5.56 Å². The third kappa shape index (κ3) is 2.18. The monoisotopic (exact) mass is 219 g/mol. The van der Waals surface area contributed by atoms with Crippen LogP contribution in [-0.2, 0) is 16.1 Å². The number of carboxylic acid groups (broad SMARTS) is 1. The molecule has 1 aliphatic heterocycles. The Morgan fingerprint density at radius 3 is 3.00 bits per heavy atom. The topological polar surface area (TPSA) is 73.3 Å². The van der Waals surface area contributed by atoms with E-state index in [1.54, 1.807) is 18.5 Å². The first-order chi connectivity index (χ1) is 7.66. The predicted octanol–water partition coefficient (Wildman–Crippen LogP) is -0.820. The molecule has 0 spiro atoms. The van der Waals surface area contributed by atoms with Crippen molar-refractivity contribution in [2.75, 3.05) is 6.54 Å². The number of carbonyl (C=O) groups excluding carboxylic acids is 2. The third-order valence-electron chi connectivity index (χ3n) is 2.64. The highest BCUT2D eigenvalue weighted by Gasteiger charge is 2.30. The lowest BCUT2D eigenvalue weighted by atomic mass is 10.1. The molecule has 2 heterocycles. The first-order valence-corrected chi connectivity index (χ1v) is 5.04. The van der Waals surface area contributed by atoms with Crippen molar-refractivity contribution in [3.8, 4) is 0 Å². The fourth-order valence-electron chi connectivity index (χ4n) is 1.79. The Bertz CT molecular complexity index is 405. The van der Waals surface area contributed by atoms with E-state index < -0.39 is 11.9 Å². The van der Waals surface area contributed by atoms with Crippen LogP contribution < -0.4 is 5.11 Å². The lowest BCUT2D eigenvalue weighted by Gasteiger charge is -2.16. The van der Waals surface area contributed by atoms with Crippen LogP contribution in [0.5, 0.6) is 0 Å². The molecule has 0 aliphatic carbocycles. The summed E-state index contributed by atoms with van der Waals surface area (Å²) in [6, 6.07) is 3.64. The summed E-state index contributed by atoms with van der Waals surface area (Å²) < 4.78 is 0. The maximum atomic E-state index is 11.5. The maximum Gasteiger partial charge on any atom is 0.223 e. The van der Waals surface area contributed by atoms with E-state index in [4.69, 9.17) is 0 Å². The zero-order chi connectivity index (χ0) is 11.5. The molecule has 2 rings (SSSR count). The number of likely N-dealkylation sites (tertiary alicyclic amines) is 1. The number of carboxylic acids is 1. The molecule has 0 aromatic carbocycles. The normalized spacial score (nSPS) is 20.1. The van der Waals surface area contributed by atoms with Crippen LogP contribution in [0, 0.1) is 5.92 Å². The largest absolute Gasteiger partial charge is 0.550 e. The highest BCUT2D eigenvalue weighted by atomic mass is 16.4. The highest BCUT2D eigenvalue weighted by molar-refractivity contribution is 5.85. The van der Waals surface area contributed by atoms with Gasteiger partial charge in [-0.1, -0.05) is 6.07 Å². The average molecular weight is 219 g/mol. The first kappa shape index (κ1) is 10.6. The predicted molar refractivity (Wildman–Crippen MR) is 52.8 cm³/mol. The van der Waals surface area contributed by atoms with Crippen molar-refractivity contribution >= 4 is 11.9 Å². The summed E-state index contributed by atoms with van der Waals surface area (Å²) in [5.41, 5.74) is 0.898. The fraction of sp³-hybridized carbons (Fsp3) is 0.364. The molecule has 84 valence electrons. The quantitative estimate of drug-likeness (QED) is 0.665. The molecule has 1 saturated heterocycles. The van der Waals surface area contributed by atoms with Crippen molar-refractivity contribution in [2.24, 2.45) is 5.92 Å². The molecular formula is C11H11N2O3-. The van der Waals surface area contributed by atoms with E-state index >= 15 is 0 Å². The molecule has 0 unspecified atom stereocenters. The zero-order valence-electron chi connectivity index (χ0n) is 8.63. The molecule has 1 fully saturated rings. The van der Waals surface area contributed by atoms with Crippen molar-refractivity contribution in [3.05, 3.63) is 30.1 Å². The third-order valence-corrected chi connectivity index (χ3v) is 2.64. The van der Waals surface area contributed by atoms with Gasteiger partial charge in [0.2, 0.25) is 5.91 Å². The maximum absolute atomic E-state index is 11.5. The highest BCUT2D eigenvalue weighted by Crippen LogP contribution is 2.19. The molecule has 0 N–H and O–H groups in total. The molecule has 0 bridgehead atoms. The molecule has 1 aromatic rings. The van der Waals surface area contributed by atoms with Crippen LogP contribution in [-0.4, -0.2) is 28.3 Å². The smallest absolute Gasteiger partial charge is 0.223 e. The van der Waals surface area contributed by atoms with Gasteiger partial charge in [-0.25, -0.2) is 0 Å². The van der Waals surface area contributed by atoms with Crippen molar-refractivity contribution < 1.29 is 14.7 Å². The summed E-state index contributed by atoms with van der Waals surface area (Å²) in [6.07, 6.45) is 3.36. The summed E-state index contributed by atoms with van der Waals surface area (Å²) in [5, 5.41) is 10.6. The van der Waals surface area contributed by atoms with Crippen molar-refractivity contribution in [1.82, 2.24) is 9.88 Å². The second-order valence-corrected chi connectivity index (χ2v) is 3.86. The lowest BCUT2D eigenvalue weighted by molar-refractivity contribution is -0.311. The number of nitrogens with zero attached hydrogens (tertiary/aromatic N) is 2. The van der Waals surface area contributed by atoms with Gasteiger partial charge in [0.25, 0.3) is 0 Å². The van der Waals surface area contributed by atoms with Gasteiger partial charge >= 0.3 is 0 Å².